The topological polar surface area (TPSA) is 96.1 Å². The van der Waals surface area contributed by atoms with Gasteiger partial charge in [-0.15, -0.1) is 0 Å². The molecule has 0 bridgehead atoms. The second-order valence-corrected chi connectivity index (χ2v) is 23.8. The molecule has 0 aromatic heterocycles. The van der Waals surface area contributed by atoms with Gasteiger partial charge >= 0.3 is 11.9 Å². The number of esters is 2. The Labute approximate surface area is 424 Å². The molecule has 2 saturated heterocycles. The van der Waals surface area contributed by atoms with E-state index in [1.807, 2.05) is 24.3 Å². The number of carbonyl (C=O) groups excluding carboxylic acids is 2. The van der Waals surface area contributed by atoms with E-state index in [1.165, 1.54) is 21.2 Å². The van der Waals surface area contributed by atoms with Crippen molar-refractivity contribution in [3.63, 3.8) is 0 Å². The van der Waals surface area contributed by atoms with E-state index in [9.17, 15) is 9.59 Å². The van der Waals surface area contributed by atoms with Crippen molar-refractivity contribution in [2.24, 2.45) is 23.7 Å². The van der Waals surface area contributed by atoms with E-state index in [0.717, 1.165) is 49.1 Å². The molecule has 0 N–H and O–H groups in total. The molecule has 0 amide bonds. The summed E-state index contributed by atoms with van der Waals surface area (Å²) in [5.74, 6) is 1.15. The zero-order valence-corrected chi connectivity index (χ0v) is 43.9. The Bertz CT molecular complexity index is 2300. The SMILES string of the molecule is CCC(CC(CC)C(=O)OC1OC1Oc1ccc(C(C)(C)c2ccc(OC3OC3OC(=O)C(CC)CC(CC)CP(c3ccccc3)c3ccccc3)cc2)cc1)CP(c1ccccc1)c1ccccc1. The second-order valence-electron chi connectivity index (χ2n) is 19.3. The van der Waals surface area contributed by atoms with Crippen LogP contribution in [0.5, 0.6) is 11.5 Å². The lowest BCUT2D eigenvalue weighted by atomic mass is 9.78. The molecule has 71 heavy (non-hydrogen) atoms. The molecule has 0 saturated carbocycles. The minimum Gasteiger partial charge on any atom is -0.458 e. The van der Waals surface area contributed by atoms with Gasteiger partial charge in [-0.05, 0) is 122 Å². The van der Waals surface area contributed by atoms with Gasteiger partial charge in [-0.25, -0.2) is 0 Å². The second kappa shape index (κ2) is 24.9. The van der Waals surface area contributed by atoms with Crippen LogP contribution in [0.2, 0.25) is 0 Å². The number of ether oxygens (including phenoxy) is 6. The fourth-order valence-corrected chi connectivity index (χ4v) is 14.8. The van der Waals surface area contributed by atoms with E-state index < -0.39 is 41.0 Å². The minimum absolute atomic E-state index is 0.215. The number of benzene rings is 6. The van der Waals surface area contributed by atoms with E-state index >= 15 is 0 Å². The highest BCUT2D eigenvalue weighted by Crippen LogP contribution is 2.42. The number of rotatable bonds is 26. The first kappa shape index (κ1) is 52.0. The molecule has 2 fully saturated rings. The van der Waals surface area contributed by atoms with Crippen molar-refractivity contribution in [1.82, 2.24) is 0 Å². The largest absolute Gasteiger partial charge is 0.458 e. The monoisotopic (exact) mass is 992 g/mol. The van der Waals surface area contributed by atoms with Gasteiger partial charge in [0.1, 0.15) is 11.5 Å². The van der Waals surface area contributed by atoms with E-state index in [4.69, 9.17) is 28.4 Å². The highest BCUT2D eigenvalue weighted by atomic mass is 31.1. The van der Waals surface area contributed by atoms with Gasteiger partial charge in [-0.2, -0.15) is 0 Å². The van der Waals surface area contributed by atoms with E-state index in [0.29, 0.717) is 36.2 Å². The molecule has 8 rings (SSSR count). The Morgan fingerprint density at radius 3 is 1.04 bits per heavy atom. The number of carbonyl (C=O) groups is 2. The van der Waals surface area contributed by atoms with Crippen molar-refractivity contribution < 1.29 is 38.0 Å². The molecule has 372 valence electrons. The van der Waals surface area contributed by atoms with Crippen LogP contribution in [0, 0.1) is 23.7 Å². The maximum absolute atomic E-state index is 13.5. The van der Waals surface area contributed by atoms with E-state index in [2.05, 4.69) is 187 Å². The van der Waals surface area contributed by atoms with Crippen LogP contribution in [-0.2, 0) is 34.0 Å². The fraction of sp³-hybridized carbons (Fsp3) is 0.377. The fourth-order valence-electron chi connectivity index (χ4n) is 9.34. The molecule has 6 aromatic carbocycles. The van der Waals surface area contributed by atoms with Crippen molar-refractivity contribution in [3.05, 3.63) is 181 Å². The standard InChI is InChI=1S/C61H70O8P2/c1-7-43(41-70(51-23-15-11-16-24-51)52-25-17-12-18-26-52)39-45(9-3)55(62)66-59-57(68-59)64-49-35-31-47(32-36-49)61(5,6)48-33-37-50(38-34-48)65-58-60(69-58)67-56(63)46(10-4)40-44(8-2)42-71(53-27-19-13-20-28-53)54-29-21-14-22-30-54/h11-38,43-46,57-60H,7-10,39-42H2,1-6H3. The Hall–Kier alpha value is -5.36. The Morgan fingerprint density at radius 1 is 0.451 bits per heavy atom. The van der Waals surface area contributed by atoms with Crippen molar-refractivity contribution in [3.8, 4) is 11.5 Å². The van der Waals surface area contributed by atoms with Crippen LogP contribution in [0.15, 0.2) is 170 Å². The molecule has 0 spiro atoms. The van der Waals surface area contributed by atoms with Crippen molar-refractivity contribution in [2.75, 3.05) is 12.3 Å². The Morgan fingerprint density at radius 2 is 0.761 bits per heavy atom. The van der Waals surface area contributed by atoms with E-state index in [1.54, 1.807) is 0 Å². The maximum Gasteiger partial charge on any atom is 0.311 e. The van der Waals surface area contributed by atoms with Crippen LogP contribution in [0.25, 0.3) is 0 Å². The summed E-state index contributed by atoms with van der Waals surface area (Å²) in [7, 11) is -1.11. The molecule has 2 aliphatic rings. The third-order valence-electron chi connectivity index (χ3n) is 14.1. The van der Waals surface area contributed by atoms with Crippen LogP contribution < -0.4 is 30.7 Å². The highest BCUT2D eigenvalue weighted by Gasteiger charge is 2.47. The van der Waals surface area contributed by atoms with Crippen molar-refractivity contribution in [2.45, 2.75) is 111 Å². The molecule has 0 radical (unpaired) electrons. The van der Waals surface area contributed by atoms with E-state index in [-0.39, 0.29) is 29.2 Å². The molecule has 8 atom stereocenters. The lowest BCUT2D eigenvalue weighted by molar-refractivity contribution is -0.155. The zero-order valence-electron chi connectivity index (χ0n) is 42.1. The van der Waals surface area contributed by atoms with Crippen LogP contribution >= 0.6 is 15.8 Å². The molecule has 6 aromatic rings. The molecular weight excluding hydrogens is 923 g/mol. The minimum atomic E-state index is -0.723. The number of hydrogen-bond acceptors (Lipinski definition) is 8. The maximum atomic E-state index is 13.5. The molecule has 0 aliphatic carbocycles. The predicted molar refractivity (Wildman–Crippen MR) is 288 cm³/mol. The molecular formula is C61H70O8P2. The molecule has 8 unspecified atom stereocenters. The summed E-state index contributed by atoms with van der Waals surface area (Å²) >= 11 is 0. The van der Waals surface area contributed by atoms with Crippen LogP contribution in [0.1, 0.15) is 91.2 Å². The van der Waals surface area contributed by atoms with Gasteiger partial charge in [-0.1, -0.05) is 200 Å². The number of hydrogen-bond donors (Lipinski definition) is 0. The molecule has 8 nitrogen and oxygen atoms in total. The quantitative estimate of drug-likeness (QED) is 0.0301. The predicted octanol–water partition coefficient (Wildman–Crippen LogP) is 12.4. The van der Waals surface area contributed by atoms with Gasteiger partial charge in [0.25, 0.3) is 25.2 Å². The summed E-state index contributed by atoms with van der Waals surface area (Å²) in [5.41, 5.74) is 1.87. The summed E-state index contributed by atoms with van der Waals surface area (Å²) in [6.45, 7) is 12.9. The zero-order chi connectivity index (χ0) is 49.7. The summed E-state index contributed by atoms with van der Waals surface area (Å²) < 4.78 is 35.3. The van der Waals surface area contributed by atoms with Gasteiger partial charge in [0.05, 0.1) is 11.8 Å². The summed E-state index contributed by atoms with van der Waals surface area (Å²) in [5, 5.41) is 5.43. The first-order chi connectivity index (χ1) is 34.6. The highest BCUT2D eigenvalue weighted by molar-refractivity contribution is 7.73. The normalized spacial score (nSPS) is 19.0. The van der Waals surface area contributed by atoms with Crippen molar-refractivity contribution >= 4 is 49.0 Å². The smallest absolute Gasteiger partial charge is 0.311 e. The summed E-state index contributed by atoms with van der Waals surface area (Å²) in [6.07, 6.45) is 4.25. The van der Waals surface area contributed by atoms with Crippen LogP contribution in [0.3, 0.4) is 0 Å². The first-order valence-corrected chi connectivity index (χ1v) is 28.6. The first-order valence-electron chi connectivity index (χ1n) is 25.6. The van der Waals surface area contributed by atoms with Crippen LogP contribution in [0.4, 0.5) is 0 Å². The van der Waals surface area contributed by atoms with Crippen molar-refractivity contribution in [1.29, 1.82) is 0 Å². The van der Waals surface area contributed by atoms with Gasteiger partial charge in [0, 0.05) is 5.41 Å². The average Bonchev–Trinajstić information content (AvgIpc) is 4.34. The molecule has 2 aliphatic heterocycles. The Balaban J connectivity index is 0.780. The summed E-state index contributed by atoms with van der Waals surface area (Å²) in [6, 6.07) is 58.9. The third kappa shape index (κ3) is 14.0. The Kier molecular flexibility index (Phi) is 18.2. The van der Waals surface area contributed by atoms with Gasteiger partial charge in [-0.3, -0.25) is 19.1 Å². The van der Waals surface area contributed by atoms with Gasteiger partial charge in [0.15, 0.2) is 0 Å². The number of epoxide rings is 2. The lowest BCUT2D eigenvalue weighted by Gasteiger charge is -2.26. The summed E-state index contributed by atoms with van der Waals surface area (Å²) in [4.78, 5) is 27.0. The van der Waals surface area contributed by atoms with Gasteiger partial charge in [0.2, 0.25) is 0 Å². The third-order valence-corrected chi connectivity index (χ3v) is 19.6. The molecule has 2 heterocycles. The molecule has 10 heteroatoms. The van der Waals surface area contributed by atoms with Crippen LogP contribution in [-0.4, -0.2) is 49.4 Å². The van der Waals surface area contributed by atoms with Gasteiger partial charge < -0.3 is 18.9 Å². The average molecular weight is 993 g/mol. The lowest BCUT2D eigenvalue weighted by Crippen LogP contribution is -2.25.